The molecule has 3 unspecified atom stereocenters. The number of fused-ring (bicyclic) bond motifs is 2. The van der Waals surface area contributed by atoms with Crippen molar-refractivity contribution in [1.82, 2.24) is 4.98 Å². The van der Waals surface area contributed by atoms with Gasteiger partial charge in [0, 0.05) is 10.9 Å². The molecule has 1 aliphatic heterocycles. The van der Waals surface area contributed by atoms with Crippen molar-refractivity contribution in [2.24, 2.45) is 17.8 Å². The van der Waals surface area contributed by atoms with Crippen LogP contribution in [-0.4, -0.2) is 27.9 Å². The Labute approximate surface area is 178 Å². The Bertz CT molecular complexity index is 1260. The molecule has 0 saturated carbocycles. The van der Waals surface area contributed by atoms with Gasteiger partial charge in [0.15, 0.2) is 0 Å². The number of imide groups is 1. The van der Waals surface area contributed by atoms with Crippen LogP contribution < -0.4 is 4.90 Å². The van der Waals surface area contributed by atoms with E-state index >= 15 is 0 Å². The molecule has 0 bridgehead atoms. The maximum atomic E-state index is 13.0. The van der Waals surface area contributed by atoms with Crippen LogP contribution in [-0.2, 0) is 9.59 Å². The van der Waals surface area contributed by atoms with Gasteiger partial charge in [-0.25, -0.2) is 9.78 Å². The molecule has 6 heteroatoms. The summed E-state index contributed by atoms with van der Waals surface area (Å²) in [6.07, 6.45) is 4.58. The molecule has 3 aromatic rings. The quantitative estimate of drug-likeness (QED) is 0.512. The second-order valence-electron chi connectivity index (χ2n) is 8.09. The molecule has 5 rings (SSSR count). The van der Waals surface area contributed by atoms with Crippen molar-refractivity contribution < 1.29 is 19.5 Å². The summed E-state index contributed by atoms with van der Waals surface area (Å²) in [6, 6.07) is 15.6. The van der Waals surface area contributed by atoms with Crippen molar-refractivity contribution in [2.45, 2.75) is 13.3 Å². The number of carboxylic acids is 1. The predicted molar refractivity (Wildman–Crippen MR) is 117 cm³/mol. The summed E-state index contributed by atoms with van der Waals surface area (Å²) in [5.41, 5.74) is 2.54. The van der Waals surface area contributed by atoms with Gasteiger partial charge < -0.3 is 5.11 Å². The average Bonchev–Trinajstić information content (AvgIpc) is 3.04. The number of nitrogens with zero attached hydrogens (tertiary/aromatic N) is 2. The molecular formula is C25H20N2O4. The molecule has 2 heterocycles. The second-order valence-corrected chi connectivity index (χ2v) is 8.09. The Morgan fingerprint density at radius 1 is 1.06 bits per heavy atom. The summed E-state index contributed by atoms with van der Waals surface area (Å²) >= 11 is 0. The van der Waals surface area contributed by atoms with E-state index in [2.05, 4.69) is 4.98 Å². The number of carbonyl (C=O) groups excluding carboxylic acids is 2. The molecule has 2 aliphatic rings. The third-order valence-electron chi connectivity index (χ3n) is 6.24. The van der Waals surface area contributed by atoms with Crippen molar-refractivity contribution in [3.63, 3.8) is 0 Å². The summed E-state index contributed by atoms with van der Waals surface area (Å²) in [4.78, 5) is 43.5. The SMILES string of the molecule is CC1C=CCC2C(=O)N(c3ccc(-c4cc(C(=O)O)c5ccccc5n4)cc3)C(=O)C12. The minimum absolute atomic E-state index is 0.0377. The Kier molecular flexibility index (Phi) is 4.43. The van der Waals surface area contributed by atoms with Gasteiger partial charge in [-0.2, -0.15) is 0 Å². The summed E-state index contributed by atoms with van der Waals surface area (Å²) in [5.74, 6) is -1.90. The molecule has 0 spiro atoms. The van der Waals surface area contributed by atoms with Crippen molar-refractivity contribution in [2.75, 3.05) is 4.90 Å². The van der Waals surface area contributed by atoms with E-state index in [9.17, 15) is 19.5 Å². The van der Waals surface area contributed by atoms with Crippen LogP contribution in [0.1, 0.15) is 23.7 Å². The lowest BCUT2D eigenvalue weighted by Gasteiger charge is -2.22. The van der Waals surface area contributed by atoms with Crippen molar-refractivity contribution in [3.8, 4) is 11.3 Å². The van der Waals surface area contributed by atoms with Crippen LogP contribution >= 0.6 is 0 Å². The number of carboxylic acid groups (broad SMARTS) is 1. The van der Waals surface area contributed by atoms with Crippen LogP contribution in [0.25, 0.3) is 22.2 Å². The number of hydrogen-bond acceptors (Lipinski definition) is 4. The first-order valence-electron chi connectivity index (χ1n) is 10.2. The van der Waals surface area contributed by atoms with E-state index in [1.165, 1.54) is 4.90 Å². The summed E-state index contributed by atoms with van der Waals surface area (Å²) in [5, 5.41) is 10.2. The van der Waals surface area contributed by atoms with Gasteiger partial charge in [-0.3, -0.25) is 14.5 Å². The zero-order chi connectivity index (χ0) is 21.7. The van der Waals surface area contributed by atoms with E-state index in [1.807, 2.05) is 25.1 Å². The van der Waals surface area contributed by atoms with E-state index in [0.29, 0.717) is 34.3 Å². The van der Waals surface area contributed by atoms with Gasteiger partial charge in [-0.15, -0.1) is 0 Å². The molecular weight excluding hydrogens is 392 g/mol. The lowest BCUT2D eigenvalue weighted by molar-refractivity contribution is -0.122. The molecule has 2 amide bonds. The normalized spacial score (nSPS) is 22.7. The van der Waals surface area contributed by atoms with Crippen LogP contribution in [0.2, 0.25) is 0 Å². The zero-order valence-corrected chi connectivity index (χ0v) is 16.9. The van der Waals surface area contributed by atoms with Gasteiger partial charge in [0.05, 0.1) is 34.3 Å². The van der Waals surface area contributed by atoms with Crippen molar-refractivity contribution in [1.29, 1.82) is 0 Å². The largest absolute Gasteiger partial charge is 0.478 e. The van der Waals surface area contributed by atoms with Gasteiger partial charge in [0.25, 0.3) is 0 Å². The Morgan fingerprint density at radius 2 is 1.81 bits per heavy atom. The predicted octanol–water partition coefficient (Wildman–Crippen LogP) is 4.30. The number of benzene rings is 2. The van der Waals surface area contributed by atoms with Crippen molar-refractivity contribution in [3.05, 3.63) is 72.3 Å². The number of anilines is 1. The number of pyridine rings is 1. The van der Waals surface area contributed by atoms with E-state index in [0.717, 1.165) is 0 Å². The van der Waals surface area contributed by atoms with Crippen LogP contribution in [0, 0.1) is 17.8 Å². The molecule has 1 fully saturated rings. The van der Waals surface area contributed by atoms with E-state index in [4.69, 9.17) is 0 Å². The van der Waals surface area contributed by atoms with Gasteiger partial charge in [-0.1, -0.05) is 49.4 Å². The number of rotatable bonds is 3. The Balaban J connectivity index is 1.51. The third kappa shape index (κ3) is 3.03. The molecule has 1 N–H and O–H groups in total. The monoisotopic (exact) mass is 412 g/mol. The van der Waals surface area contributed by atoms with E-state index < -0.39 is 5.97 Å². The first-order valence-corrected chi connectivity index (χ1v) is 10.2. The Hall–Kier alpha value is -3.80. The molecule has 154 valence electrons. The van der Waals surface area contributed by atoms with Gasteiger partial charge in [0.2, 0.25) is 11.8 Å². The third-order valence-corrected chi connectivity index (χ3v) is 6.24. The molecule has 31 heavy (non-hydrogen) atoms. The smallest absolute Gasteiger partial charge is 0.336 e. The molecule has 2 aromatic carbocycles. The highest BCUT2D eigenvalue weighted by molar-refractivity contribution is 6.22. The molecule has 1 aliphatic carbocycles. The summed E-state index contributed by atoms with van der Waals surface area (Å²) in [7, 11) is 0. The average molecular weight is 412 g/mol. The topological polar surface area (TPSA) is 87.6 Å². The lowest BCUT2D eigenvalue weighted by atomic mass is 9.78. The van der Waals surface area contributed by atoms with Gasteiger partial charge >= 0.3 is 5.97 Å². The van der Waals surface area contributed by atoms with Gasteiger partial charge in [0.1, 0.15) is 0 Å². The maximum Gasteiger partial charge on any atom is 0.336 e. The molecule has 1 aromatic heterocycles. The maximum absolute atomic E-state index is 13.0. The second kappa shape index (κ2) is 7.16. The highest BCUT2D eigenvalue weighted by atomic mass is 16.4. The zero-order valence-electron chi connectivity index (χ0n) is 16.9. The number of aromatic nitrogens is 1. The molecule has 3 atom stereocenters. The highest BCUT2D eigenvalue weighted by Crippen LogP contribution is 2.40. The number of carbonyl (C=O) groups is 3. The Morgan fingerprint density at radius 3 is 2.52 bits per heavy atom. The molecule has 0 radical (unpaired) electrons. The number of amides is 2. The number of aromatic carboxylic acids is 1. The first-order chi connectivity index (χ1) is 15.0. The number of para-hydroxylation sites is 1. The fourth-order valence-corrected chi connectivity index (χ4v) is 4.68. The minimum Gasteiger partial charge on any atom is -0.478 e. The van der Waals surface area contributed by atoms with Crippen LogP contribution in [0.3, 0.4) is 0 Å². The number of allylic oxidation sites excluding steroid dienone is 2. The van der Waals surface area contributed by atoms with E-state index in [-0.39, 0.29) is 35.1 Å². The standard InChI is InChI=1S/C25H20N2O4/c1-14-5-4-7-18-22(14)24(29)27(23(18)28)16-11-9-15(10-12-16)21-13-19(25(30)31)17-6-2-3-8-20(17)26-21/h2-6,8-14,18,22H,7H2,1H3,(H,30,31). The molecule has 1 saturated heterocycles. The van der Waals surface area contributed by atoms with Crippen molar-refractivity contribution >= 4 is 34.4 Å². The van der Waals surface area contributed by atoms with Crippen LogP contribution in [0.5, 0.6) is 0 Å². The highest BCUT2D eigenvalue weighted by Gasteiger charge is 2.50. The minimum atomic E-state index is -1.02. The van der Waals surface area contributed by atoms with E-state index in [1.54, 1.807) is 48.5 Å². The fraction of sp³-hybridized carbons (Fsp3) is 0.200. The lowest BCUT2D eigenvalue weighted by Crippen LogP contribution is -2.31. The van der Waals surface area contributed by atoms with Crippen LogP contribution in [0.15, 0.2) is 66.7 Å². The fourth-order valence-electron chi connectivity index (χ4n) is 4.68. The number of hydrogen-bond donors (Lipinski definition) is 1. The summed E-state index contributed by atoms with van der Waals surface area (Å²) < 4.78 is 0. The molecule has 6 nitrogen and oxygen atoms in total. The van der Waals surface area contributed by atoms with Crippen LogP contribution in [0.4, 0.5) is 5.69 Å². The first kappa shape index (κ1) is 19.2. The summed E-state index contributed by atoms with van der Waals surface area (Å²) in [6.45, 7) is 1.97. The van der Waals surface area contributed by atoms with Gasteiger partial charge in [-0.05, 0) is 36.6 Å².